The van der Waals surface area contributed by atoms with Crippen LogP contribution in [0.2, 0.25) is 0 Å². The molecule has 0 fully saturated rings. The van der Waals surface area contributed by atoms with E-state index in [9.17, 15) is 0 Å². The monoisotopic (exact) mass is 748 g/mol. The lowest BCUT2D eigenvalue weighted by atomic mass is 9.77. The first-order valence-electron chi connectivity index (χ1n) is 19.7. The van der Waals surface area contributed by atoms with E-state index in [1.807, 2.05) is 22.7 Å². The van der Waals surface area contributed by atoms with Gasteiger partial charge in [-0.15, -0.1) is 22.7 Å². The van der Waals surface area contributed by atoms with E-state index in [4.69, 9.17) is 0 Å². The molecule has 1 unspecified atom stereocenters. The van der Waals surface area contributed by atoms with E-state index < -0.39 is 0 Å². The number of hydrogen-bond acceptors (Lipinski definition) is 2. The number of rotatable bonds is 4. The second-order valence-electron chi connectivity index (χ2n) is 15.4. The van der Waals surface area contributed by atoms with Gasteiger partial charge in [0.2, 0.25) is 0 Å². The number of allylic oxidation sites excluding steroid dienone is 2. The van der Waals surface area contributed by atoms with E-state index in [1.54, 1.807) is 11.1 Å². The van der Waals surface area contributed by atoms with Crippen LogP contribution in [0.1, 0.15) is 40.2 Å². The number of thiophene rings is 2. The zero-order valence-corrected chi connectivity index (χ0v) is 32.4. The van der Waals surface area contributed by atoms with Crippen LogP contribution in [0.15, 0.2) is 164 Å². The highest BCUT2D eigenvalue weighted by Gasteiger charge is 2.26. The summed E-state index contributed by atoms with van der Waals surface area (Å²) in [5.41, 5.74) is 15.1. The van der Waals surface area contributed by atoms with E-state index >= 15 is 0 Å². The van der Waals surface area contributed by atoms with Crippen molar-refractivity contribution in [1.82, 2.24) is 0 Å². The van der Waals surface area contributed by atoms with Crippen LogP contribution in [-0.4, -0.2) is 0 Å². The Morgan fingerprint density at radius 2 is 0.911 bits per heavy atom. The Balaban J connectivity index is 0.967. The third kappa shape index (κ3) is 4.89. The fraction of sp³-hybridized carbons (Fsp3) is 0.0741. The maximum atomic E-state index is 2.49. The Labute approximate surface area is 334 Å². The lowest BCUT2D eigenvalue weighted by Crippen LogP contribution is -2.12. The van der Waals surface area contributed by atoms with Crippen LogP contribution in [-0.2, 0) is 12.8 Å². The Kier molecular flexibility index (Phi) is 7.33. The molecule has 0 saturated carbocycles. The quantitative estimate of drug-likeness (QED) is 0.168. The summed E-state index contributed by atoms with van der Waals surface area (Å²) in [6.45, 7) is 0. The molecule has 0 aliphatic heterocycles. The van der Waals surface area contributed by atoms with Crippen LogP contribution in [0.4, 0.5) is 0 Å². The molecule has 0 N–H and O–H groups in total. The van der Waals surface area contributed by atoms with E-state index in [2.05, 4.69) is 176 Å². The Bertz CT molecular complexity index is 3280. The highest BCUT2D eigenvalue weighted by atomic mass is 32.1. The lowest BCUT2D eigenvalue weighted by Gasteiger charge is -2.27. The molecular formula is C54H36S2. The van der Waals surface area contributed by atoms with E-state index in [0.717, 1.165) is 19.3 Å². The Morgan fingerprint density at radius 3 is 1.57 bits per heavy atom. The summed E-state index contributed by atoms with van der Waals surface area (Å²) >= 11 is 3.90. The molecule has 8 aromatic carbocycles. The minimum Gasteiger partial charge on any atom is -0.134 e. The zero-order valence-electron chi connectivity index (χ0n) is 30.8. The van der Waals surface area contributed by atoms with Crippen molar-refractivity contribution in [3.8, 4) is 33.4 Å². The highest BCUT2D eigenvalue weighted by molar-refractivity contribution is 7.27. The third-order valence-electron chi connectivity index (χ3n) is 12.3. The first-order valence-corrected chi connectivity index (χ1v) is 21.4. The molecule has 0 bridgehead atoms. The van der Waals surface area contributed by atoms with Gasteiger partial charge in [0, 0.05) is 46.3 Å². The van der Waals surface area contributed by atoms with Gasteiger partial charge >= 0.3 is 0 Å². The Morgan fingerprint density at radius 1 is 0.411 bits per heavy atom. The van der Waals surface area contributed by atoms with Crippen LogP contribution in [0, 0.1) is 0 Å². The molecule has 56 heavy (non-hydrogen) atoms. The molecule has 2 aliphatic carbocycles. The van der Waals surface area contributed by atoms with E-state index in [0.29, 0.717) is 5.92 Å². The van der Waals surface area contributed by atoms with Crippen LogP contribution in [0.25, 0.3) is 96.6 Å². The molecule has 0 saturated heterocycles. The zero-order chi connectivity index (χ0) is 36.7. The largest absolute Gasteiger partial charge is 0.134 e. The molecule has 10 aromatic rings. The SMILES string of the molecule is C1=Cc2c(c3c(c4ccccc24)C=CC(c2cccc4c2sc2c(-c5cccc(-c6cccc7c6sc6c(-c8ccccc8)cccc67)c5)cccc24)C3)CC1. The first kappa shape index (κ1) is 32.2. The second-order valence-corrected chi connectivity index (χ2v) is 17.4. The van der Waals surface area contributed by atoms with Gasteiger partial charge in [-0.3, -0.25) is 0 Å². The standard InChI is InChI=1S/C54H36S2/c1-2-13-33(14-3-1)37-21-9-25-46-47-26-10-22-38(52(47)55-51(37)46)34-15-8-16-35(31-34)39-23-11-27-48-49-28-12-24-40(54(49)56-53(39)48)36-29-30-45-43-19-5-4-17-41(43)42-18-6-7-20-44(42)50(45)32-36/h1-6,8-19,21-31,36H,7,20,32H2. The summed E-state index contributed by atoms with van der Waals surface area (Å²) in [6.07, 6.45) is 13.0. The lowest BCUT2D eigenvalue weighted by molar-refractivity contribution is 0.815. The smallest absolute Gasteiger partial charge is 0.0434 e. The molecule has 12 rings (SSSR count). The molecule has 0 amide bonds. The van der Waals surface area contributed by atoms with Gasteiger partial charge < -0.3 is 0 Å². The normalized spacial score (nSPS) is 15.0. The van der Waals surface area contributed by atoms with Gasteiger partial charge in [0.05, 0.1) is 0 Å². The third-order valence-corrected chi connectivity index (χ3v) is 14.9. The van der Waals surface area contributed by atoms with Gasteiger partial charge in [0.25, 0.3) is 0 Å². The summed E-state index contributed by atoms with van der Waals surface area (Å²) in [5.74, 6) is 0.339. The van der Waals surface area contributed by atoms with Crippen molar-refractivity contribution in [2.24, 2.45) is 0 Å². The van der Waals surface area contributed by atoms with Crippen LogP contribution >= 0.6 is 22.7 Å². The summed E-state index contributed by atoms with van der Waals surface area (Å²) in [7, 11) is 0. The summed E-state index contributed by atoms with van der Waals surface area (Å²) < 4.78 is 5.49. The molecule has 2 heteroatoms. The first-order chi connectivity index (χ1) is 27.8. The number of fused-ring (bicyclic) bond motifs is 12. The molecule has 0 nitrogen and oxygen atoms in total. The fourth-order valence-electron chi connectivity index (χ4n) is 9.75. The molecule has 2 aromatic heterocycles. The van der Waals surface area contributed by atoms with Gasteiger partial charge in [-0.2, -0.15) is 0 Å². The van der Waals surface area contributed by atoms with Gasteiger partial charge in [-0.25, -0.2) is 0 Å². The average molecular weight is 749 g/mol. The molecular weight excluding hydrogens is 713 g/mol. The second kappa shape index (κ2) is 12.7. The predicted octanol–water partition coefficient (Wildman–Crippen LogP) is 15.9. The van der Waals surface area contributed by atoms with Crippen molar-refractivity contribution in [3.63, 3.8) is 0 Å². The van der Waals surface area contributed by atoms with Crippen molar-refractivity contribution < 1.29 is 0 Å². The van der Waals surface area contributed by atoms with Crippen molar-refractivity contribution in [2.45, 2.75) is 25.2 Å². The maximum Gasteiger partial charge on any atom is 0.0434 e. The molecule has 2 aliphatic rings. The molecule has 264 valence electrons. The average Bonchev–Trinajstić information content (AvgIpc) is 3.86. The van der Waals surface area contributed by atoms with Gasteiger partial charge in [-0.1, -0.05) is 170 Å². The van der Waals surface area contributed by atoms with Crippen molar-refractivity contribution in [1.29, 1.82) is 0 Å². The fourth-order valence-corrected chi connectivity index (χ4v) is 12.5. The predicted molar refractivity (Wildman–Crippen MR) is 245 cm³/mol. The topological polar surface area (TPSA) is 0 Å². The highest BCUT2D eigenvalue weighted by Crippen LogP contribution is 2.48. The van der Waals surface area contributed by atoms with E-state index in [1.165, 1.54) is 101 Å². The molecule has 2 heterocycles. The number of hydrogen-bond donors (Lipinski definition) is 0. The van der Waals surface area contributed by atoms with Gasteiger partial charge in [-0.05, 0) is 97.3 Å². The van der Waals surface area contributed by atoms with Crippen LogP contribution < -0.4 is 0 Å². The minimum absolute atomic E-state index is 0.339. The molecule has 1 atom stereocenters. The van der Waals surface area contributed by atoms with Gasteiger partial charge in [0.15, 0.2) is 0 Å². The Hall–Kier alpha value is -6.06. The van der Waals surface area contributed by atoms with Crippen molar-refractivity contribution in [3.05, 3.63) is 192 Å². The van der Waals surface area contributed by atoms with Gasteiger partial charge in [0.1, 0.15) is 0 Å². The van der Waals surface area contributed by atoms with Crippen molar-refractivity contribution >= 4 is 85.9 Å². The van der Waals surface area contributed by atoms with Crippen LogP contribution in [0.3, 0.4) is 0 Å². The summed E-state index contributed by atoms with van der Waals surface area (Å²) in [5, 5.41) is 8.15. The summed E-state index contributed by atoms with van der Waals surface area (Å²) in [4.78, 5) is 0. The maximum absolute atomic E-state index is 2.49. The number of benzene rings is 8. The minimum atomic E-state index is 0.339. The molecule has 0 radical (unpaired) electrons. The molecule has 0 spiro atoms. The summed E-state index contributed by atoms with van der Waals surface area (Å²) in [6, 6.07) is 56.5. The van der Waals surface area contributed by atoms with Crippen molar-refractivity contribution in [2.75, 3.05) is 0 Å². The van der Waals surface area contributed by atoms with Crippen LogP contribution in [0.5, 0.6) is 0 Å². The van der Waals surface area contributed by atoms with E-state index in [-0.39, 0.29) is 0 Å².